The number of carboxylic acid groups (broad SMARTS) is 1. The van der Waals surface area contributed by atoms with Gasteiger partial charge >= 0.3 is 5.97 Å². The Morgan fingerprint density at radius 2 is 1.78 bits per heavy atom. The molecule has 0 aliphatic heterocycles. The lowest BCUT2D eigenvalue weighted by Crippen LogP contribution is -2.55. The summed E-state index contributed by atoms with van der Waals surface area (Å²) >= 11 is 0. The smallest absolute Gasteiger partial charge is 0.309 e. The first kappa shape index (κ1) is 15.5. The van der Waals surface area contributed by atoms with Gasteiger partial charge in [-0.05, 0) is 36.5 Å². The molecule has 0 spiro atoms. The highest BCUT2D eigenvalue weighted by atomic mass is 16.4. The molecule has 0 bridgehead atoms. The summed E-state index contributed by atoms with van der Waals surface area (Å²) in [5.74, 6) is -0.732. The highest BCUT2D eigenvalue weighted by Crippen LogP contribution is 2.47. The molecule has 1 aliphatic rings. The van der Waals surface area contributed by atoms with Crippen molar-refractivity contribution in [2.45, 2.75) is 59.5 Å². The van der Waals surface area contributed by atoms with Gasteiger partial charge in [-0.3, -0.25) is 4.79 Å². The molecule has 3 heteroatoms. The van der Waals surface area contributed by atoms with Crippen molar-refractivity contribution in [1.82, 2.24) is 0 Å². The van der Waals surface area contributed by atoms with Crippen molar-refractivity contribution in [1.29, 1.82) is 0 Å². The second-order valence-corrected chi connectivity index (χ2v) is 6.79. The van der Waals surface area contributed by atoms with E-state index in [0.717, 1.165) is 12.8 Å². The first-order valence-electron chi connectivity index (χ1n) is 7.15. The van der Waals surface area contributed by atoms with Gasteiger partial charge in [-0.1, -0.05) is 41.0 Å². The SMILES string of the molecule is CC1CCC(C(C)C)C(O)(C(C(=O)O)C(C)C)C1. The Labute approximate surface area is 111 Å². The van der Waals surface area contributed by atoms with E-state index in [1.807, 2.05) is 13.8 Å². The summed E-state index contributed by atoms with van der Waals surface area (Å²) in [6, 6.07) is 0. The zero-order valence-corrected chi connectivity index (χ0v) is 12.3. The topological polar surface area (TPSA) is 57.5 Å². The molecule has 4 atom stereocenters. The third-order valence-corrected chi connectivity index (χ3v) is 4.56. The van der Waals surface area contributed by atoms with Gasteiger partial charge in [0.05, 0.1) is 11.5 Å². The van der Waals surface area contributed by atoms with Crippen LogP contribution in [0.25, 0.3) is 0 Å². The quantitative estimate of drug-likeness (QED) is 0.812. The molecule has 3 nitrogen and oxygen atoms in total. The largest absolute Gasteiger partial charge is 0.481 e. The van der Waals surface area contributed by atoms with Gasteiger partial charge in [0, 0.05) is 0 Å². The molecule has 18 heavy (non-hydrogen) atoms. The molecule has 0 radical (unpaired) electrons. The monoisotopic (exact) mass is 256 g/mol. The fourth-order valence-corrected chi connectivity index (χ4v) is 3.87. The number of carbonyl (C=O) groups is 1. The molecule has 0 aromatic carbocycles. The van der Waals surface area contributed by atoms with Crippen LogP contribution in [0.5, 0.6) is 0 Å². The lowest BCUT2D eigenvalue weighted by atomic mass is 9.60. The van der Waals surface area contributed by atoms with Crippen LogP contribution in [0, 0.1) is 29.6 Å². The van der Waals surface area contributed by atoms with Crippen LogP contribution in [0.2, 0.25) is 0 Å². The van der Waals surface area contributed by atoms with Gasteiger partial charge in [0.1, 0.15) is 0 Å². The van der Waals surface area contributed by atoms with E-state index in [1.165, 1.54) is 0 Å². The summed E-state index contributed by atoms with van der Waals surface area (Å²) in [7, 11) is 0. The van der Waals surface area contributed by atoms with Crippen LogP contribution in [-0.2, 0) is 4.79 Å². The summed E-state index contributed by atoms with van der Waals surface area (Å²) in [4.78, 5) is 11.6. The minimum absolute atomic E-state index is 0.0425. The van der Waals surface area contributed by atoms with Gasteiger partial charge in [0.25, 0.3) is 0 Å². The molecule has 1 rings (SSSR count). The van der Waals surface area contributed by atoms with Crippen molar-refractivity contribution in [3.05, 3.63) is 0 Å². The number of aliphatic carboxylic acids is 1. The van der Waals surface area contributed by atoms with E-state index in [2.05, 4.69) is 20.8 Å². The molecular formula is C15H28O3. The van der Waals surface area contributed by atoms with Crippen LogP contribution in [0.3, 0.4) is 0 Å². The maximum Gasteiger partial charge on any atom is 0.309 e. The highest BCUT2D eigenvalue weighted by Gasteiger charge is 2.51. The van der Waals surface area contributed by atoms with Crippen molar-refractivity contribution < 1.29 is 15.0 Å². The Morgan fingerprint density at radius 1 is 1.22 bits per heavy atom. The first-order chi connectivity index (χ1) is 8.20. The Morgan fingerprint density at radius 3 is 2.17 bits per heavy atom. The van der Waals surface area contributed by atoms with E-state index in [4.69, 9.17) is 0 Å². The zero-order chi connectivity index (χ0) is 14.1. The fraction of sp³-hybridized carbons (Fsp3) is 0.933. The van der Waals surface area contributed by atoms with E-state index in [1.54, 1.807) is 0 Å². The maximum absolute atomic E-state index is 11.6. The normalized spacial score (nSPS) is 34.9. The van der Waals surface area contributed by atoms with Gasteiger partial charge in [0.2, 0.25) is 0 Å². The van der Waals surface area contributed by atoms with E-state index >= 15 is 0 Å². The number of carboxylic acids is 1. The predicted molar refractivity (Wildman–Crippen MR) is 72.3 cm³/mol. The van der Waals surface area contributed by atoms with Crippen LogP contribution in [-0.4, -0.2) is 21.8 Å². The molecule has 1 aliphatic carbocycles. The van der Waals surface area contributed by atoms with E-state index in [9.17, 15) is 15.0 Å². The van der Waals surface area contributed by atoms with E-state index in [-0.39, 0.29) is 11.8 Å². The van der Waals surface area contributed by atoms with E-state index < -0.39 is 17.5 Å². The molecule has 0 heterocycles. The van der Waals surface area contributed by atoms with Crippen LogP contribution >= 0.6 is 0 Å². The summed E-state index contributed by atoms with van der Waals surface area (Å²) in [6.07, 6.45) is 2.65. The average molecular weight is 256 g/mol. The Balaban J connectivity index is 3.12. The lowest BCUT2D eigenvalue weighted by molar-refractivity contribution is -0.173. The number of aliphatic hydroxyl groups is 1. The molecule has 1 fully saturated rings. The standard InChI is InChI=1S/C15H28O3/c1-9(2)12-7-6-11(5)8-15(12,18)13(10(3)4)14(16)17/h9-13,18H,6-8H2,1-5H3,(H,16,17). The minimum atomic E-state index is -1.05. The van der Waals surface area contributed by atoms with Crippen LogP contribution < -0.4 is 0 Å². The predicted octanol–water partition coefficient (Wildman–Crippen LogP) is 3.17. The summed E-state index contributed by atoms with van der Waals surface area (Å²) in [5.41, 5.74) is -1.05. The van der Waals surface area contributed by atoms with Crippen molar-refractivity contribution >= 4 is 5.97 Å². The first-order valence-corrected chi connectivity index (χ1v) is 7.15. The zero-order valence-electron chi connectivity index (χ0n) is 12.3. The van der Waals surface area contributed by atoms with Crippen LogP contribution in [0.1, 0.15) is 53.9 Å². The van der Waals surface area contributed by atoms with Crippen molar-refractivity contribution in [2.75, 3.05) is 0 Å². The lowest BCUT2D eigenvalue weighted by Gasteiger charge is -2.48. The highest BCUT2D eigenvalue weighted by molar-refractivity contribution is 5.72. The van der Waals surface area contributed by atoms with Gasteiger partial charge in [-0.15, -0.1) is 0 Å². The molecule has 0 amide bonds. The second-order valence-electron chi connectivity index (χ2n) is 6.79. The Hall–Kier alpha value is -0.570. The van der Waals surface area contributed by atoms with Crippen molar-refractivity contribution in [2.24, 2.45) is 29.6 Å². The van der Waals surface area contributed by atoms with E-state index in [0.29, 0.717) is 18.3 Å². The third kappa shape index (κ3) is 2.87. The molecule has 0 aromatic heterocycles. The molecule has 106 valence electrons. The van der Waals surface area contributed by atoms with Gasteiger partial charge < -0.3 is 10.2 Å². The molecule has 0 aromatic rings. The van der Waals surface area contributed by atoms with Gasteiger partial charge in [0.15, 0.2) is 0 Å². The maximum atomic E-state index is 11.6. The summed E-state index contributed by atoms with van der Waals surface area (Å²) in [6.45, 7) is 10.1. The number of hydrogen-bond acceptors (Lipinski definition) is 2. The minimum Gasteiger partial charge on any atom is -0.481 e. The number of rotatable bonds is 4. The summed E-state index contributed by atoms with van der Waals surface area (Å²) in [5, 5.41) is 20.6. The van der Waals surface area contributed by atoms with Crippen LogP contribution in [0.4, 0.5) is 0 Å². The van der Waals surface area contributed by atoms with Gasteiger partial charge in [-0.2, -0.15) is 0 Å². The molecule has 0 saturated heterocycles. The Kier molecular flexibility index (Phi) is 4.82. The third-order valence-electron chi connectivity index (χ3n) is 4.56. The number of hydrogen-bond donors (Lipinski definition) is 2. The van der Waals surface area contributed by atoms with Crippen molar-refractivity contribution in [3.8, 4) is 0 Å². The molecule has 1 saturated carbocycles. The van der Waals surface area contributed by atoms with Crippen molar-refractivity contribution in [3.63, 3.8) is 0 Å². The molecule has 2 N–H and O–H groups in total. The summed E-state index contributed by atoms with van der Waals surface area (Å²) < 4.78 is 0. The molecule has 4 unspecified atom stereocenters. The molecular weight excluding hydrogens is 228 g/mol. The second kappa shape index (κ2) is 5.60. The average Bonchev–Trinajstić information content (AvgIpc) is 2.13. The van der Waals surface area contributed by atoms with Gasteiger partial charge in [-0.25, -0.2) is 0 Å². The van der Waals surface area contributed by atoms with Crippen LogP contribution in [0.15, 0.2) is 0 Å². The Bertz CT molecular complexity index is 298. The fourth-order valence-electron chi connectivity index (χ4n) is 3.87.